The Morgan fingerprint density at radius 2 is 2.15 bits per heavy atom. The van der Waals surface area contributed by atoms with Crippen LogP contribution in [0.25, 0.3) is 11.1 Å². The van der Waals surface area contributed by atoms with Gasteiger partial charge in [-0.15, -0.1) is 0 Å². The third kappa shape index (κ3) is 1.30. The van der Waals surface area contributed by atoms with Crippen LogP contribution in [0.2, 0.25) is 0 Å². The van der Waals surface area contributed by atoms with Gasteiger partial charge in [-0.05, 0) is 34.2 Å². The van der Waals surface area contributed by atoms with E-state index < -0.39 is 11.6 Å². The summed E-state index contributed by atoms with van der Waals surface area (Å²) in [6.07, 6.45) is 0. The third-order valence-corrected chi connectivity index (χ3v) is 2.32. The van der Waals surface area contributed by atoms with Crippen LogP contribution in [0.15, 0.2) is 15.0 Å². The van der Waals surface area contributed by atoms with Gasteiger partial charge in [0, 0.05) is 0 Å². The van der Waals surface area contributed by atoms with Crippen LogP contribution in [0.5, 0.6) is 0 Å². The number of oxazole rings is 1. The van der Waals surface area contributed by atoms with Gasteiger partial charge in [-0.2, -0.15) is 0 Å². The molecule has 1 aromatic heterocycles. The lowest BCUT2D eigenvalue weighted by Crippen LogP contribution is -1.85. The normalized spacial score (nSPS) is 11.0. The van der Waals surface area contributed by atoms with E-state index in [9.17, 15) is 8.78 Å². The van der Waals surface area contributed by atoms with Gasteiger partial charge >= 0.3 is 0 Å². The molecule has 0 aliphatic carbocycles. The van der Waals surface area contributed by atoms with Crippen molar-refractivity contribution in [2.24, 2.45) is 0 Å². The molecule has 68 valence electrons. The van der Waals surface area contributed by atoms with Crippen molar-refractivity contribution in [3.05, 3.63) is 27.0 Å². The smallest absolute Gasteiger partial charge is 0.267 e. The first-order valence-electron chi connectivity index (χ1n) is 3.26. The van der Waals surface area contributed by atoms with Gasteiger partial charge in [0.15, 0.2) is 17.2 Å². The van der Waals surface area contributed by atoms with Gasteiger partial charge in [-0.1, -0.05) is 0 Å². The molecule has 0 aliphatic rings. The minimum atomic E-state index is -0.988. The van der Waals surface area contributed by atoms with Gasteiger partial charge in [0.2, 0.25) is 0 Å². The Bertz CT molecular complexity index is 533. The number of hydrogen-bond donors (Lipinski definition) is 1. The summed E-state index contributed by atoms with van der Waals surface area (Å²) in [5.74, 6) is -1.94. The molecule has 1 heterocycles. The second-order valence-electron chi connectivity index (χ2n) is 2.37. The van der Waals surface area contributed by atoms with Crippen LogP contribution in [-0.2, 0) is 0 Å². The maximum Gasteiger partial charge on any atom is 0.267 e. The zero-order chi connectivity index (χ0) is 9.59. The minimum Gasteiger partial charge on any atom is -0.428 e. The predicted octanol–water partition coefficient (Wildman–Crippen LogP) is 3.53. The summed E-state index contributed by atoms with van der Waals surface area (Å²) < 4.78 is 31.1. The Morgan fingerprint density at radius 1 is 1.46 bits per heavy atom. The van der Waals surface area contributed by atoms with E-state index in [2.05, 4.69) is 33.1 Å². The summed E-state index contributed by atoms with van der Waals surface area (Å²) in [6, 6.07) is 0.990. The summed E-state index contributed by atoms with van der Waals surface area (Å²) in [6.45, 7) is 0. The number of rotatable bonds is 0. The number of nitrogens with one attached hydrogen (secondary N) is 1. The quantitative estimate of drug-likeness (QED) is 0.583. The second-order valence-corrected chi connectivity index (χ2v) is 3.60. The molecule has 0 aliphatic heterocycles. The first kappa shape index (κ1) is 8.83. The molecule has 0 saturated heterocycles. The molecule has 2 nitrogen and oxygen atoms in total. The van der Waals surface area contributed by atoms with Crippen LogP contribution in [0.4, 0.5) is 8.78 Å². The fourth-order valence-electron chi connectivity index (χ4n) is 1.01. The molecule has 6 heteroatoms. The Kier molecular flexibility index (Phi) is 1.96. The van der Waals surface area contributed by atoms with Gasteiger partial charge < -0.3 is 9.40 Å². The van der Waals surface area contributed by atoms with Gasteiger partial charge in [-0.25, -0.2) is 8.78 Å². The number of aromatic nitrogens is 1. The van der Waals surface area contributed by atoms with Crippen molar-refractivity contribution < 1.29 is 13.2 Å². The van der Waals surface area contributed by atoms with Gasteiger partial charge in [0.05, 0.1) is 4.47 Å². The maximum atomic E-state index is 13.1. The van der Waals surface area contributed by atoms with E-state index in [1.54, 1.807) is 0 Å². The average molecular weight is 266 g/mol. The number of aromatic amines is 1. The minimum absolute atomic E-state index is 0.0141. The number of benzene rings is 1. The SMILES string of the molecule is Fc1cc(Br)c2oc(=S)[nH]c2c1F. The number of hydrogen-bond acceptors (Lipinski definition) is 2. The van der Waals surface area contributed by atoms with Crippen LogP contribution in [0, 0.1) is 16.5 Å². The number of fused-ring (bicyclic) bond motifs is 1. The predicted molar refractivity (Wildman–Crippen MR) is 49.0 cm³/mol. The topological polar surface area (TPSA) is 28.9 Å². The van der Waals surface area contributed by atoms with Gasteiger partial charge in [0.25, 0.3) is 4.84 Å². The second kappa shape index (κ2) is 2.88. The Hall–Kier alpha value is -0.750. The van der Waals surface area contributed by atoms with E-state index >= 15 is 0 Å². The molecule has 2 aromatic rings. The van der Waals surface area contributed by atoms with E-state index in [4.69, 9.17) is 4.42 Å². The Labute approximate surface area is 84.7 Å². The van der Waals surface area contributed by atoms with E-state index in [1.807, 2.05) is 0 Å². The molecule has 0 fully saturated rings. The van der Waals surface area contributed by atoms with Crippen molar-refractivity contribution >= 4 is 39.2 Å². The van der Waals surface area contributed by atoms with Crippen molar-refractivity contribution in [1.82, 2.24) is 4.98 Å². The molecular formula is C7H2BrF2NOS. The van der Waals surface area contributed by atoms with E-state index in [1.165, 1.54) is 0 Å². The van der Waals surface area contributed by atoms with Crippen LogP contribution in [0.1, 0.15) is 0 Å². The van der Waals surface area contributed by atoms with Crippen molar-refractivity contribution in [3.63, 3.8) is 0 Å². The van der Waals surface area contributed by atoms with Crippen molar-refractivity contribution in [1.29, 1.82) is 0 Å². The zero-order valence-electron chi connectivity index (χ0n) is 6.03. The molecule has 0 atom stereocenters. The maximum absolute atomic E-state index is 13.1. The zero-order valence-corrected chi connectivity index (χ0v) is 8.43. The van der Waals surface area contributed by atoms with E-state index in [0.29, 0.717) is 4.47 Å². The molecule has 0 unspecified atom stereocenters. The molecule has 0 bridgehead atoms. The number of H-pyrrole nitrogens is 1. The molecule has 0 radical (unpaired) electrons. The highest BCUT2D eigenvalue weighted by Gasteiger charge is 2.14. The Morgan fingerprint density at radius 3 is 2.85 bits per heavy atom. The van der Waals surface area contributed by atoms with Crippen LogP contribution < -0.4 is 0 Å². The van der Waals surface area contributed by atoms with Crippen LogP contribution in [0.3, 0.4) is 0 Å². The highest BCUT2D eigenvalue weighted by Crippen LogP contribution is 2.27. The average Bonchev–Trinajstić information content (AvgIpc) is 2.44. The van der Waals surface area contributed by atoms with Gasteiger partial charge in [0.1, 0.15) is 5.52 Å². The molecule has 1 N–H and O–H groups in total. The van der Waals surface area contributed by atoms with Crippen molar-refractivity contribution in [3.8, 4) is 0 Å². The lowest BCUT2D eigenvalue weighted by atomic mass is 10.3. The molecule has 0 spiro atoms. The highest BCUT2D eigenvalue weighted by molar-refractivity contribution is 9.10. The first-order valence-corrected chi connectivity index (χ1v) is 4.46. The largest absolute Gasteiger partial charge is 0.428 e. The first-order chi connectivity index (χ1) is 6.09. The fraction of sp³-hybridized carbons (Fsp3) is 0. The standard InChI is InChI=1S/C7H2BrF2NOS/c8-2-1-3(9)4(10)5-6(2)12-7(13)11-5/h1H,(H,11,13). The van der Waals surface area contributed by atoms with Crippen LogP contribution >= 0.6 is 28.1 Å². The van der Waals surface area contributed by atoms with Crippen molar-refractivity contribution in [2.75, 3.05) is 0 Å². The Balaban J connectivity index is 3.04. The summed E-state index contributed by atoms with van der Waals surface area (Å²) in [5, 5.41) is 0. The molecule has 2 rings (SSSR count). The third-order valence-electron chi connectivity index (χ3n) is 1.55. The fourth-order valence-corrected chi connectivity index (χ4v) is 1.68. The molecule has 0 amide bonds. The highest BCUT2D eigenvalue weighted by atomic mass is 79.9. The molecular weight excluding hydrogens is 264 g/mol. The lowest BCUT2D eigenvalue weighted by molar-refractivity contribution is 0.513. The summed E-state index contributed by atoms with van der Waals surface area (Å²) in [7, 11) is 0. The van der Waals surface area contributed by atoms with Crippen molar-refractivity contribution in [2.45, 2.75) is 0 Å². The van der Waals surface area contributed by atoms with E-state index in [0.717, 1.165) is 6.07 Å². The monoisotopic (exact) mass is 265 g/mol. The number of halogens is 3. The molecule has 0 saturated carbocycles. The summed E-state index contributed by atoms with van der Waals surface area (Å²) >= 11 is 7.67. The summed E-state index contributed by atoms with van der Waals surface area (Å²) in [4.78, 5) is 2.43. The molecule has 1 aromatic carbocycles. The van der Waals surface area contributed by atoms with Crippen LogP contribution in [-0.4, -0.2) is 4.98 Å². The summed E-state index contributed by atoms with van der Waals surface area (Å²) in [5.41, 5.74) is 0.126. The molecule has 13 heavy (non-hydrogen) atoms. The van der Waals surface area contributed by atoms with Gasteiger partial charge in [-0.3, -0.25) is 0 Å². The lowest BCUT2D eigenvalue weighted by Gasteiger charge is -1.94. The van der Waals surface area contributed by atoms with E-state index in [-0.39, 0.29) is 15.9 Å².